The Morgan fingerprint density at radius 1 is 1.19 bits per heavy atom. The number of nitrogens with zero attached hydrogens (tertiary/aromatic N) is 1. The summed E-state index contributed by atoms with van der Waals surface area (Å²) in [4.78, 5) is 10.6. The van der Waals surface area contributed by atoms with E-state index in [1.165, 1.54) is 0 Å². The molecule has 0 spiro atoms. The monoisotopic (exact) mass is 234 g/mol. The van der Waals surface area contributed by atoms with E-state index in [1.807, 2.05) is 0 Å². The molecule has 0 aliphatic carbocycles. The minimum Gasteiger partial charge on any atom is -0.356 e. The second-order valence-electron chi connectivity index (χ2n) is 2.46. The number of hydrogen-bond donors (Lipinski definition) is 3. The summed E-state index contributed by atoms with van der Waals surface area (Å²) in [7, 11) is 0. The Morgan fingerprint density at radius 3 is 1.88 bits per heavy atom. The summed E-state index contributed by atoms with van der Waals surface area (Å²) in [5, 5.41) is 14.8. The van der Waals surface area contributed by atoms with Gasteiger partial charge in [-0.25, -0.2) is 13.8 Å². The lowest BCUT2D eigenvalue weighted by atomic mass is 10.3. The van der Waals surface area contributed by atoms with E-state index in [2.05, 4.69) is 4.99 Å². The molecule has 0 saturated carbocycles. The third-order valence-corrected chi connectivity index (χ3v) is 1.15. The molecule has 0 radical (unpaired) electrons. The van der Waals surface area contributed by atoms with E-state index in [0.29, 0.717) is 0 Å². The molecule has 0 aliphatic rings. The Kier molecular flexibility index (Phi) is 5.18. The Labute approximate surface area is 88.1 Å². The number of halogens is 2. The lowest BCUT2D eigenvalue weighted by molar-refractivity contribution is -0.402. The van der Waals surface area contributed by atoms with Crippen LogP contribution in [-0.4, -0.2) is 11.0 Å². The molecule has 0 aromatic heterocycles. The van der Waals surface area contributed by atoms with Gasteiger partial charge >= 0.3 is 5.96 Å². The van der Waals surface area contributed by atoms with Crippen molar-refractivity contribution in [3.05, 3.63) is 45.2 Å². The summed E-state index contributed by atoms with van der Waals surface area (Å²) >= 11 is 0. The summed E-state index contributed by atoms with van der Waals surface area (Å²) in [5.74, 6) is -1.47. The highest BCUT2D eigenvalue weighted by atomic mass is 19.1. The van der Waals surface area contributed by atoms with Crippen molar-refractivity contribution in [3.8, 4) is 0 Å². The molecule has 16 heavy (non-hydrogen) atoms. The molecule has 1 rings (SSSR count). The van der Waals surface area contributed by atoms with E-state index >= 15 is 0 Å². The van der Waals surface area contributed by atoms with E-state index in [9.17, 15) is 8.78 Å². The van der Waals surface area contributed by atoms with Crippen molar-refractivity contribution in [1.29, 1.82) is 0 Å². The molecule has 0 aliphatic heterocycles. The van der Waals surface area contributed by atoms with Crippen LogP contribution in [0.15, 0.2) is 18.2 Å². The third kappa shape index (κ3) is 7.00. The molecular weight excluding hydrogens is 226 g/mol. The molecule has 0 bridgehead atoms. The van der Waals surface area contributed by atoms with Gasteiger partial charge in [0.1, 0.15) is 17.3 Å². The number of hydrogen-bond acceptors (Lipinski definition) is 3. The van der Waals surface area contributed by atoms with E-state index in [0.717, 1.165) is 18.2 Å². The van der Waals surface area contributed by atoms with Crippen LogP contribution in [0.25, 0.3) is 0 Å². The van der Waals surface area contributed by atoms with Crippen LogP contribution in [-0.2, 0) is 0 Å². The van der Waals surface area contributed by atoms with Gasteiger partial charge in [-0.15, -0.1) is 0 Å². The van der Waals surface area contributed by atoms with Crippen LogP contribution in [0.2, 0.25) is 0 Å². The van der Waals surface area contributed by atoms with E-state index in [-0.39, 0.29) is 11.6 Å². The number of nitrogens with two attached hydrogens (primary N) is 2. The van der Waals surface area contributed by atoms with Crippen LogP contribution < -0.4 is 16.5 Å². The fraction of sp³-hybridized carbons (Fsp3) is 0. The van der Waals surface area contributed by atoms with Crippen molar-refractivity contribution >= 4 is 11.6 Å². The van der Waals surface area contributed by atoms with Gasteiger partial charge in [-0.1, -0.05) is 0 Å². The molecule has 0 amide bonds. The molecule has 7 nitrogen and oxygen atoms in total. The van der Waals surface area contributed by atoms with Crippen molar-refractivity contribution in [3.63, 3.8) is 0 Å². The first-order valence-electron chi connectivity index (χ1n) is 3.74. The van der Waals surface area contributed by atoms with Gasteiger partial charge in [-0.05, 0) is 0 Å². The largest absolute Gasteiger partial charge is 0.356 e. The van der Waals surface area contributed by atoms with Crippen LogP contribution >= 0.6 is 0 Å². The molecule has 0 fully saturated rings. The third-order valence-electron chi connectivity index (χ3n) is 1.15. The second kappa shape index (κ2) is 6.11. The molecule has 1 aromatic carbocycles. The molecule has 88 valence electrons. The smallest absolute Gasteiger partial charge is 0.343 e. The Balaban J connectivity index is 0.000000487. The predicted molar refractivity (Wildman–Crippen MR) is 50.7 cm³/mol. The van der Waals surface area contributed by atoms with E-state index in [4.69, 9.17) is 26.8 Å². The van der Waals surface area contributed by atoms with Crippen LogP contribution in [0, 0.1) is 27.0 Å². The minimum absolute atomic E-state index is 0.111. The Bertz CT molecular complexity index is 382. The van der Waals surface area contributed by atoms with Gasteiger partial charge in [0.2, 0.25) is 0 Å². The average molecular weight is 234 g/mol. The van der Waals surface area contributed by atoms with Crippen LogP contribution in [0.4, 0.5) is 14.5 Å². The molecule has 0 heterocycles. The summed E-state index contributed by atoms with van der Waals surface area (Å²) in [5.41, 5.74) is 10.3. The van der Waals surface area contributed by atoms with Crippen molar-refractivity contribution in [2.45, 2.75) is 0 Å². The van der Waals surface area contributed by atoms with Gasteiger partial charge in [0.15, 0.2) is 0 Å². The van der Waals surface area contributed by atoms with E-state index < -0.39 is 16.7 Å². The van der Waals surface area contributed by atoms with Gasteiger partial charge in [-0.2, -0.15) is 0 Å². The lowest BCUT2D eigenvalue weighted by Gasteiger charge is -1.93. The van der Waals surface area contributed by atoms with Gasteiger partial charge < -0.3 is 15.3 Å². The average Bonchev–Trinajstić information content (AvgIpc) is 1.97. The summed E-state index contributed by atoms with van der Waals surface area (Å²) < 4.78 is 25.0. The fourth-order valence-corrected chi connectivity index (χ4v) is 0.793. The maximum absolute atomic E-state index is 12.5. The topological polar surface area (TPSA) is 132 Å². The van der Waals surface area contributed by atoms with Gasteiger partial charge in [0.25, 0.3) is 0 Å². The number of benzene rings is 1. The summed E-state index contributed by atoms with van der Waals surface area (Å²) in [6, 6.07) is 2.93. The maximum Gasteiger partial charge on any atom is 0.343 e. The fourth-order valence-electron chi connectivity index (χ4n) is 0.793. The van der Waals surface area contributed by atoms with Gasteiger partial charge in [0.05, 0.1) is 5.09 Å². The van der Waals surface area contributed by atoms with Crippen LogP contribution in [0.5, 0.6) is 0 Å². The molecular formula is C7H8F2N4O3. The normalized spacial score (nSPS) is 8.62. The first-order valence-corrected chi connectivity index (χ1v) is 3.74. The van der Waals surface area contributed by atoms with Crippen LogP contribution in [0.3, 0.4) is 0 Å². The van der Waals surface area contributed by atoms with Crippen LogP contribution in [0.1, 0.15) is 0 Å². The zero-order valence-electron chi connectivity index (χ0n) is 7.81. The molecule has 0 unspecified atom stereocenters. The zero-order valence-corrected chi connectivity index (χ0v) is 7.81. The SMILES string of the molecule is NC(N)=[NH+]c1cc(F)cc(F)c1.O=[N+]([O-])[O-]. The van der Waals surface area contributed by atoms with Gasteiger partial charge in [-0.3, -0.25) is 11.5 Å². The van der Waals surface area contributed by atoms with Crippen molar-refractivity contribution < 1.29 is 18.9 Å². The Hall–Kier alpha value is -2.45. The first-order chi connectivity index (χ1) is 7.31. The number of guanidine groups is 1. The quantitative estimate of drug-likeness (QED) is 0.241. The molecule has 1 aromatic rings. The highest BCUT2D eigenvalue weighted by molar-refractivity contribution is 5.70. The molecule has 5 N–H and O–H groups in total. The van der Waals surface area contributed by atoms with Crippen molar-refractivity contribution in [1.82, 2.24) is 0 Å². The zero-order chi connectivity index (χ0) is 12.7. The standard InChI is InChI=1S/C7H7F2N3.NO3/c8-4-1-5(9)3-6(2-4)12-7(10)11;2-1(3)4/h1-3H,(H4,10,11,12);/q;-1/p+1. The highest BCUT2D eigenvalue weighted by Crippen LogP contribution is 2.06. The minimum atomic E-state index is -1.75. The van der Waals surface area contributed by atoms with Gasteiger partial charge in [0, 0.05) is 18.2 Å². The molecule has 9 heteroatoms. The molecule has 0 atom stereocenters. The number of rotatable bonds is 1. The maximum atomic E-state index is 12.5. The predicted octanol–water partition coefficient (Wildman–Crippen LogP) is -1.29. The summed E-state index contributed by atoms with van der Waals surface area (Å²) in [6.45, 7) is 0. The van der Waals surface area contributed by atoms with Crippen molar-refractivity contribution in [2.24, 2.45) is 11.5 Å². The summed E-state index contributed by atoms with van der Waals surface area (Å²) in [6.07, 6.45) is 0. The number of nitrogens with one attached hydrogen (secondary N) is 1. The second-order valence-corrected chi connectivity index (χ2v) is 2.46. The van der Waals surface area contributed by atoms with E-state index in [1.54, 1.807) is 0 Å². The molecule has 0 saturated heterocycles. The van der Waals surface area contributed by atoms with Crippen molar-refractivity contribution in [2.75, 3.05) is 0 Å². The lowest BCUT2D eigenvalue weighted by Crippen LogP contribution is -2.72. The highest BCUT2D eigenvalue weighted by Gasteiger charge is 2.00. The first kappa shape index (κ1) is 13.6. The Morgan fingerprint density at radius 2 is 1.56 bits per heavy atom.